The first-order valence-corrected chi connectivity index (χ1v) is 5.92. The average molecular weight is 235 g/mol. The van der Waals surface area contributed by atoms with Crippen LogP contribution in [0.2, 0.25) is 0 Å². The third-order valence-electron chi connectivity index (χ3n) is 3.01. The topological polar surface area (TPSA) is 66.3 Å². The summed E-state index contributed by atoms with van der Waals surface area (Å²) in [4.78, 5) is 21.4. The van der Waals surface area contributed by atoms with E-state index in [0.29, 0.717) is 13.1 Å². The Bertz CT molecular complexity index is 428. The second-order valence-electron chi connectivity index (χ2n) is 4.46. The molecule has 1 N–H and O–H groups in total. The summed E-state index contributed by atoms with van der Waals surface area (Å²) in [7, 11) is 0. The van der Waals surface area contributed by atoms with Crippen molar-refractivity contribution in [1.29, 1.82) is 0 Å². The van der Waals surface area contributed by atoms with Gasteiger partial charge in [0, 0.05) is 24.8 Å². The van der Waals surface area contributed by atoms with E-state index < -0.39 is 5.97 Å². The van der Waals surface area contributed by atoms with Crippen molar-refractivity contribution in [2.45, 2.75) is 26.7 Å². The van der Waals surface area contributed by atoms with Crippen molar-refractivity contribution in [3.63, 3.8) is 0 Å². The molecule has 5 nitrogen and oxygen atoms in total. The zero-order valence-corrected chi connectivity index (χ0v) is 10.2. The number of rotatable bonds is 4. The number of anilines is 1. The maximum atomic E-state index is 10.8. The van der Waals surface area contributed by atoms with E-state index in [1.54, 1.807) is 0 Å². The van der Waals surface area contributed by atoms with Crippen molar-refractivity contribution in [3.05, 3.63) is 17.6 Å². The fraction of sp³-hybridized carbons (Fsp3) is 0.583. The van der Waals surface area contributed by atoms with Crippen molar-refractivity contribution < 1.29 is 9.90 Å². The van der Waals surface area contributed by atoms with E-state index in [2.05, 4.69) is 16.9 Å². The highest BCUT2D eigenvalue weighted by Gasteiger charge is 2.34. The Labute approximate surface area is 100 Å². The van der Waals surface area contributed by atoms with Crippen LogP contribution < -0.4 is 4.90 Å². The van der Waals surface area contributed by atoms with E-state index in [-0.39, 0.29) is 5.92 Å². The highest BCUT2D eigenvalue weighted by Crippen LogP contribution is 2.26. The van der Waals surface area contributed by atoms with Crippen LogP contribution in [0.25, 0.3) is 0 Å². The molecule has 0 bridgehead atoms. The van der Waals surface area contributed by atoms with Crippen molar-refractivity contribution in [1.82, 2.24) is 9.97 Å². The van der Waals surface area contributed by atoms with Crippen LogP contribution in [0.5, 0.6) is 0 Å². The van der Waals surface area contributed by atoms with Crippen LogP contribution in [-0.2, 0) is 11.2 Å². The Balaban J connectivity index is 2.15. The van der Waals surface area contributed by atoms with Gasteiger partial charge in [-0.15, -0.1) is 0 Å². The molecule has 5 heteroatoms. The van der Waals surface area contributed by atoms with Gasteiger partial charge < -0.3 is 10.0 Å². The lowest BCUT2D eigenvalue weighted by Gasteiger charge is -2.38. The number of hydrogen-bond donors (Lipinski definition) is 1. The molecule has 1 aromatic rings. The minimum Gasteiger partial charge on any atom is -0.481 e. The number of aryl methyl sites for hydroxylation is 2. The van der Waals surface area contributed by atoms with Gasteiger partial charge in [0.25, 0.3) is 0 Å². The first-order chi connectivity index (χ1) is 8.11. The van der Waals surface area contributed by atoms with E-state index >= 15 is 0 Å². The maximum absolute atomic E-state index is 10.8. The van der Waals surface area contributed by atoms with Gasteiger partial charge in [0.1, 0.15) is 11.6 Å². The highest BCUT2D eigenvalue weighted by molar-refractivity contribution is 5.74. The first kappa shape index (κ1) is 11.8. The van der Waals surface area contributed by atoms with E-state index in [1.807, 2.05) is 18.0 Å². The number of hydrogen-bond acceptors (Lipinski definition) is 4. The van der Waals surface area contributed by atoms with Gasteiger partial charge >= 0.3 is 5.97 Å². The molecule has 2 rings (SSSR count). The van der Waals surface area contributed by atoms with Gasteiger partial charge in [-0.05, 0) is 13.3 Å². The average Bonchev–Trinajstić information content (AvgIpc) is 2.19. The third-order valence-corrected chi connectivity index (χ3v) is 3.01. The van der Waals surface area contributed by atoms with Crippen molar-refractivity contribution in [2.24, 2.45) is 5.92 Å². The van der Waals surface area contributed by atoms with Crippen molar-refractivity contribution >= 4 is 11.8 Å². The normalized spacial score (nSPS) is 15.8. The molecule has 0 saturated carbocycles. The van der Waals surface area contributed by atoms with Crippen LogP contribution in [0, 0.1) is 12.8 Å². The number of nitrogens with zero attached hydrogens (tertiary/aromatic N) is 3. The number of aromatic nitrogens is 2. The second kappa shape index (κ2) is 4.69. The predicted molar refractivity (Wildman–Crippen MR) is 64.1 cm³/mol. The predicted octanol–water partition coefficient (Wildman–Crippen LogP) is 1.26. The molecule has 1 fully saturated rings. The van der Waals surface area contributed by atoms with E-state index in [9.17, 15) is 4.79 Å². The van der Waals surface area contributed by atoms with Crippen LogP contribution in [-0.4, -0.2) is 34.1 Å². The molecule has 0 aromatic carbocycles. The molecule has 1 aliphatic rings. The maximum Gasteiger partial charge on any atom is 0.310 e. The number of carboxylic acids is 1. The summed E-state index contributed by atoms with van der Waals surface area (Å²) in [5.41, 5.74) is 1.11. The van der Waals surface area contributed by atoms with E-state index in [1.165, 1.54) is 0 Å². The summed E-state index contributed by atoms with van der Waals surface area (Å²) in [5.74, 6) is 0.680. The van der Waals surface area contributed by atoms with Gasteiger partial charge in [-0.3, -0.25) is 4.79 Å². The summed E-state index contributed by atoms with van der Waals surface area (Å²) >= 11 is 0. The monoisotopic (exact) mass is 235 g/mol. The molecule has 0 aliphatic carbocycles. The smallest absolute Gasteiger partial charge is 0.310 e. The Morgan fingerprint density at radius 1 is 1.59 bits per heavy atom. The van der Waals surface area contributed by atoms with Gasteiger partial charge in [-0.1, -0.05) is 13.3 Å². The second-order valence-corrected chi connectivity index (χ2v) is 4.46. The summed E-state index contributed by atoms with van der Waals surface area (Å²) < 4.78 is 0. The quantitative estimate of drug-likeness (QED) is 0.851. The van der Waals surface area contributed by atoms with Crippen LogP contribution in [0.3, 0.4) is 0 Å². The molecule has 0 amide bonds. The lowest BCUT2D eigenvalue weighted by atomic mass is 9.99. The lowest BCUT2D eigenvalue weighted by molar-refractivity contribution is -0.142. The molecule has 1 saturated heterocycles. The zero-order chi connectivity index (χ0) is 12.4. The van der Waals surface area contributed by atoms with Gasteiger partial charge in [-0.25, -0.2) is 9.97 Å². The minimum atomic E-state index is -0.718. The molecule has 1 aliphatic heterocycles. The van der Waals surface area contributed by atoms with E-state index in [0.717, 1.165) is 30.0 Å². The van der Waals surface area contributed by atoms with Crippen molar-refractivity contribution in [2.75, 3.05) is 18.0 Å². The molecule has 17 heavy (non-hydrogen) atoms. The highest BCUT2D eigenvalue weighted by atomic mass is 16.4. The molecule has 1 aromatic heterocycles. The molecule has 0 unspecified atom stereocenters. The molecular weight excluding hydrogens is 218 g/mol. The Hall–Kier alpha value is -1.65. The number of aliphatic carboxylic acids is 1. The van der Waals surface area contributed by atoms with Crippen LogP contribution >= 0.6 is 0 Å². The van der Waals surface area contributed by atoms with Gasteiger partial charge in [0.2, 0.25) is 0 Å². The Morgan fingerprint density at radius 2 is 2.29 bits per heavy atom. The number of carbonyl (C=O) groups is 1. The number of carboxylic acid groups (broad SMARTS) is 1. The summed E-state index contributed by atoms with van der Waals surface area (Å²) in [6, 6.07) is 0. The van der Waals surface area contributed by atoms with E-state index in [4.69, 9.17) is 5.11 Å². The molecule has 92 valence electrons. The Morgan fingerprint density at radius 3 is 2.88 bits per heavy atom. The first-order valence-electron chi connectivity index (χ1n) is 5.92. The molecule has 0 atom stereocenters. The molecular formula is C12H17N3O2. The van der Waals surface area contributed by atoms with Crippen LogP contribution in [0.1, 0.15) is 24.7 Å². The van der Waals surface area contributed by atoms with Gasteiger partial charge in [-0.2, -0.15) is 0 Å². The zero-order valence-electron chi connectivity index (χ0n) is 10.2. The fourth-order valence-electron chi connectivity index (χ4n) is 2.01. The van der Waals surface area contributed by atoms with Gasteiger partial charge in [0.05, 0.1) is 5.92 Å². The SMILES string of the molecule is CCCc1cnc(C)nc1N1CC(C(=O)O)C1. The van der Waals surface area contributed by atoms with Crippen molar-refractivity contribution in [3.8, 4) is 0 Å². The standard InChI is InChI=1S/C12H17N3O2/c1-3-4-9-5-13-8(2)14-11(9)15-6-10(7-15)12(16)17/h5,10H,3-4,6-7H2,1-2H3,(H,16,17). The summed E-state index contributed by atoms with van der Waals surface area (Å²) in [5, 5.41) is 8.87. The minimum absolute atomic E-state index is 0.250. The van der Waals surface area contributed by atoms with Gasteiger partial charge in [0.15, 0.2) is 0 Å². The lowest BCUT2D eigenvalue weighted by Crippen LogP contribution is -2.51. The van der Waals surface area contributed by atoms with Crippen LogP contribution in [0.15, 0.2) is 6.20 Å². The molecule has 0 radical (unpaired) electrons. The molecule has 0 spiro atoms. The van der Waals surface area contributed by atoms with Crippen LogP contribution in [0.4, 0.5) is 5.82 Å². The summed E-state index contributed by atoms with van der Waals surface area (Å²) in [6.07, 6.45) is 3.83. The third kappa shape index (κ3) is 2.38. The Kier molecular flexibility index (Phi) is 3.26. The largest absolute Gasteiger partial charge is 0.481 e. The summed E-state index contributed by atoms with van der Waals surface area (Å²) in [6.45, 7) is 5.08. The molecule has 2 heterocycles. The fourth-order valence-corrected chi connectivity index (χ4v) is 2.01.